The molecule has 2 atom stereocenters. The van der Waals surface area contributed by atoms with Gasteiger partial charge in [0.05, 0.1) is 12.6 Å². The van der Waals surface area contributed by atoms with E-state index in [1.165, 1.54) is 17.7 Å². The lowest BCUT2D eigenvalue weighted by atomic mass is 9.96. The SMILES string of the molecule is CC(C)[C@@H](NCC(=O)N[C@@H](c1ccc(F)cc1)c1cccs1)c1ccccc1. The van der Waals surface area contributed by atoms with Crippen LogP contribution in [0.2, 0.25) is 0 Å². The molecule has 0 spiro atoms. The molecule has 3 rings (SSSR count). The first-order valence-corrected chi connectivity index (χ1v) is 10.3. The first kappa shape index (κ1) is 20.2. The fourth-order valence-electron chi connectivity index (χ4n) is 3.24. The standard InChI is InChI=1S/C23H25FN2OS/c1-16(2)22(17-7-4-3-5-8-17)25-15-21(27)26-23(20-9-6-14-28-20)18-10-12-19(24)13-11-18/h3-14,16,22-23,25H,15H2,1-2H3,(H,26,27)/t22-,23+/m1/s1. The largest absolute Gasteiger partial charge is 0.343 e. The Labute approximate surface area is 169 Å². The van der Waals surface area contributed by atoms with Crippen LogP contribution in [-0.4, -0.2) is 12.5 Å². The Hall–Kier alpha value is -2.50. The number of thiophene rings is 1. The number of carbonyl (C=O) groups is 1. The molecule has 5 heteroatoms. The van der Waals surface area contributed by atoms with Gasteiger partial charge in [-0.25, -0.2) is 4.39 Å². The van der Waals surface area contributed by atoms with Crippen LogP contribution in [0.5, 0.6) is 0 Å². The van der Waals surface area contributed by atoms with E-state index in [1.54, 1.807) is 23.5 Å². The topological polar surface area (TPSA) is 41.1 Å². The molecule has 0 fully saturated rings. The minimum Gasteiger partial charge on any atom is -0.343 e. The van der Waals surface area contributed by atoms with Gasteiger partial charge in [-0.15, -0.1) is 11.3 Å². The van der Waals surface area contributed by atoms with Crippen molar-refractivity contribution in [2.75, 3.05) is 6.54 Å². The molecule has 0 aliphatic heterocycles. The van der Waals surface area contributed by atoms with E-state index >= 15 is 0 Å². The van der Waals surface area contributed by atoms with Crippen molar-refractivity contribution in [1.82, 2.24) is 10.6 Å². The van der Waals surface area contributed by atoms with Crippen molar-refractivity contribution in [3.63, 3.8) is 0 Å². The number of carbonyl (C=O) groups excluding carboxylic acids is 1. The van der Waals surface area contributed by atoms with Crippen LogP contribution in [0.3, 0.4) is 0 Å². The molecule has 1 aromatic heterocycles. The molecule has 0 aliphatic carbocycles. The zero-order valence-corrected chi connectivity index (χ0v) is 16.9. The fourth-order valence-corrected chi connectivity index (χ4v) is 4.05. The van der Waals surface area contributed by atoms with E-state index in [0.717, 1.165) is 10.4 Å². The number of halogens is 1. The summed E-state index contributed by atoms with van der Waals surface area (Å²) >= 11 is 1.57. The fraction of sp³-hybridized carbons (Fsp3) is 0.261. The highest BCUT2D eigenvalue weighted by Crippen LogP contribution is 2.26. The van der Waals surface area contributed by atoms with Crippen molar-refractivity contribution in [3.05, 3.63) is 93.9 Å². The number of benzene rings is 2. The number of hydrogen-bond donors (Lipinski definition) is 2. The van der Waals surface area contributed by atoms with E-state index in [-0.39, 0.29) is 30.4 Å². The van der Waals surface area contributed by atoms with Gasteiger partial charge in [-0.1, -0.05) is 62.4 Å². The van der Waals surface area contributed by atoms with E-state index < -0.39 is 0 Å². The lowest BCUT2D eigenvalue weighted by Crippen LogP contribution is -2.39. The smallest absolute Gasteiger partial charge is 0.234 e. The highest BCUT2D eigenvalue weighted by atomic mass is 32.1. The molecule has 0 aliphatic rings. The van der Waals surface area contributed by atoms with Crippen LogP contribution >= 0.6 is 11.3 Å². The van der Waals surface area contributed by atoms with Crippen molar-refractivity contribution < 1.29 is 9.18 Å². The third-order valence-electron chi connectivity index (χ3n) is 4.64. The van der Waals surface area contributed by atoms with E-state index in [1.807, 2.05) is 35.7 Å². The summed E-state index contributed by atoms with van der Waals surface area (Å²) < 4.78 is 13.3. The van der Waals surface area contributed by atoms with Gasteiger partial charge in [0, 0.05) is 10.9 Å². The van der Waals surface area contributed by atoms with Crippen molar-refractivity contribution in [1.29, 1.82) is 0 Å². The van der Waals surface area contributed by atoms with Gasteiger partial charge in [0.25, 0.3) is 0 Å². The second kappa shape index (κ2) is 9.62. The van der Waals surface area contributed by atoms with Crippen molar-refractivity contribution in [2.24, 2.45) is 5.92 Å². The summed E-state index contributed by atoms with van der Waals surface area (Å²) in [6, 6.07) is 20.2. The Balaban J connectivity index is 1.69. The van der Waals surface area contributed by atoms with Gasteiger partial charge < -0.3 is 10.6 Å². The van der Waals surface area contributed by atoms with Crippen LogP contribution in [0.25, 0.3) is 0 Å². The second-order valence-electron chi connectivity index (χ2n) is 7.08. The van der Waals surface area contributed by atoms with E-state index in [0.29, 0.717) is 5.92 Å². The minimum atomic E-state index is -0.288. The van der Waals surface area contributed by atoms with E-state index in [4.69, 9.17) is 0 Å². The Morgan fingerprint density at radius 1 is 0.964 bits per heavy atom. The van der Waals surface area contributed by atoms with Crippen molar-refractivity contribution >= 4 is 17.2 Å². The molecule has 0 bridgehead atoms. The number of nitrogens with one attached hydrogen (secondary N) is 2. The maximum absolute atomic E-state index is 13.3. The summed E-state index contributed by atoms with van der Waals surface area (Å²) in [5, 5.41) is 8.44. The quantitative estimate of drug-likeness (QED) is 0.557. The minimum absolute atomic E-state index is 0.0932. The normalized spacial score (nSPS) is 13.3. The Bertz CT molecular complexity index is 863. The molecule has 0 unspecified atom stereocenters. The maximum Gasteiger partial charge on any atom is 0.234 e. The third kappa shape index (κ3) is 5.27. The van der Waals surface area contributed by atoms with Gasteiger partial charge in [-0.3, -0.25) is 4.79 Å². The highest BCUT2D eigenvalue weighted by Gasteiger charge is 2.20. The van der Waals surface area contributed by atoms with Crippen LogP contribution in [0.1, 0.15) is 41.9 Å². The lowest BCUT2D eigenvalue weighted by Gasteiger charge is -2.24. The molecule has 146 valence electrons. The average Bonchev–Trinajstić information content (AvgIpc) is 3.22. The summed E-state index contributed by atoms with van der Waals surface area (Å²) in [5.74, 6) is -0.0333. The highest BCUT2D eigenvalue weighted by molar-refractivity contribution is 7.10. The first-order valence-electron chi connectivity index (χ1n) is 9.41. The predicted molar refractivity (Wildman–Crippen MR) is 113 cm³/mol. The summed E-state index contributed by atoms with van der Waals surface area (Å²) in [6.45, 7) is 4.48. The maximum atomic E-state index is 13.3. The number of amides is 1. The average molecular weight is 397 g/mol. The molecule has 0 radical (unpaired) electrons. The molecule has 1 heterocycles. The number of rotatable bonds is 8. The van der Waals surface area contributed by atoms with E-state index in [9.17, 15) is 9.18 Å². The monoisotopic (exact) mass is 396 g/mol. The van der Waals surface area contributed by atoms with Gasteiger partial charge >= 0.3 is 0 Å². The van der Waals surface area contributed by atoms with Crippen molar-refractivity contribution in [3.8, 4) is 0 Å². The zero-order chi connectivity index (χ0) is 19.9. The van der Waals surface area contributed by atoms with Crippen LogP contribution in [0, 0.1) is 11.7 Å². The number of hydrogen-bond acceptors (Lipinski definition) is 3. The van der Waals surface area contributed by atoms with Gasteiger partial charge in [-0.05, 0) is 40.6 Å². The predicted octanol–water partition coefficient (Wildman–Crippen LogP) is 5.08. The Morgan fingerprint density at radius 3 is 2.29 bits per heavy atom. The molecule has 28 heavy (non-hydrogen) atoms. The van der Waals surface area contributed by atoms with Gasteiger partial charge in [0.15, 0.2) is 0 Å². The molecule has 2 aromatic carbocycles. The third-order valence-corrected chi connectivity index (χ3v) is 5.58. The van der Waals surface area contributed by atoms with Crippen LogP contribution in [-0.2, 0) is 4.79 Å². The van der Waals surface area contributed by atoms with Gasteiger partial charge in [0.2, 0.25) is 5.91 Å². The molecule has 0 saturated carbocycles. The molecule has 0 saturated heterocycles. The molecule has 1 amide bonds. The Kier molecular flexibility index (Phi) is 6.95. The molecule has 3 nitrogen and oxygen atoms in total. The lowest BCUT2D eigenvalue weighted by molar-refractivity contribution is -0.120. The van der Waals surface area contributed by atoms with E-state index in [2.05, 4.69) is 36.6 Å². The second-order valence-corrected chi connectivity index (χ2v) is 8.06. The summed E-state index contributed by atoms with van der Waals surface area (Å²) in [5.41, 5.74) is 2.03. The van der Waals surface area contributed by atoms with Crippen LogP contribution < -0.4 is 10.6 Å². The molecular weight excluding hydrogens is 371 g/mol. The van der Waals surface area contributed by atoms with Crippen molar-refractivity contribution in [2.45, 2.75) is 25.9 Å². The molecular formula is C23H25FN2OS. The van der Waals surface area contributed by atoms with Crippen LogP contribution in [0.15, 0.2) is 72.1 Å². The zero-order valence-electron chi connectivity index (χ0n) is 16.1. The summed E-state index contributed by atoms with van der Waals surface area (Å²) in [4.78, 5) is 13.7. The molecule has 2 N–H and O–H groups in total. The summed E-state index contributed by atoms with van der Waals surface area (Å²) in [6.07, 6.45) is 0. The Morgan fingerprint density at radius 2 is 1.68 bits per heavy atom. The summed E-state index contributed by atoms with van der Waals surface area (Å²) in [7, 11) is 0. The first-order chi connectivity index (χ1) is 13.5. The van der Waals surface area contributed by atoms with Crippen LogP contribution in [0.4, 0.5) is 4.39 Å². The van der Waals surface area contributed by atoms with Gasteiger partial charge in [-0.2, -0.15) is 0 Å². The molecule has 3 aromatic rings. The van der Waals surface area contributed by atoms with Gasteiger partial charge in [0.1, 0.15) is 5.82 Å².